The predicted octanol–water partition coefficient (Wildman–Crippen LogP) is 1.45. The number of rotatable bonds is 4. The van der Waals surface area contributed by atoms with Gasteiger partial charge in [-0.2, -0.15) is 14.5 Å². The Labute approximate surface area is 137 Å². The minimum atomic E-state index is -3.51. The fourth-order valence-electron chi connectivity index (χ4n) is 3.24. The molecule has 3 rings (SSSR count). The van der Waals surface area contributed by atoms with Crippen molar-refractivity contribution in [2.75, 3.05) is 13.1 Å². The topological polar surface area (TPSA) is 73.0 Å². The van der Waals surface area contributed by atoms with Gasteiger partial charge in [0, 0.05) is 45.0 Å². The summed E-state index contributed by atoms with van der Waals surface area (Å²) in [4.78, 5) is 0.266. The third-order valence-corrected chi connectivity index (χ3v) is 6.38. The molecule has 1 aliphatic heterocycles. The van der Waals surface area contributed by atoms with Crippen LogP contribution in [0.15, 0.2) is 29.7 Å². The van der Waals surface area contributed by atoms with Crippen LogP contribution < -0.4 is 0 Å². The van der Waals surface area contributed by atoms with Gasteiger partial charge >= 0.3 is 0 Å². The molecular formula is C15H23N5O2S. The summed E-state index contributed by atoms with van der Waals surface area (Å²) in [5.74, 6) is 0.132. The van der Waals surface area contributed by atoms with Gasteiger partial charge in [0.15, 0.2) is 0 Å². The van der Waals surface area contributed by atoms with E-state index in [2.05, 4.69) is 24.0 Å². The van der Waals surface area contributed by atoms with Crippen LogP contribution in [0.25, 0.3) is 0 Å². The Morgan fingerprint density at radius 1 is 1.26 bits per heavy atom. The monoisotopic (exact) mass is 337 g/mol. The molecule has 1 fully saturated rings. The maximum atomic E-state index is 12.9. The van der Waals surface area contributed by atoms with Crippen molar-refractivity contribution in [3.63, 3.8) is 0 Å². The zero-order valence-corrected chi connectivity index (χ0v) is 14.8. The highest BCUT2D eigenvalue weighted by Crippen LogP contribution is 2.43. The zero-order chi connectivity index (χ0) is 16.8. The molecule has 0 aliphatic carbocycles. The molecule has 8 heteroatoms. The largest absolute Gasteiger partial charge is 0.276 e. The number of aryl methyl sites for hydroxylation is 2. The van der Waals surface area contributed by atoms with E-state index in [0.29, 0.717) is 19.6 Å². The van der Waals surface area contributed by atoms with E-state index in [-0.39, 0.29) is 16.2 Å². The van der Waals surface area contributed by atoms with Gasteiger partial charge in [-0.1, -0.05) is 13.8 Å². The van der Waals surface area contributed by atoms with Crippen LogP contribution in [-0.2, 0) is 23.6 Å². The molecule has 126 valence electrons. The van der Waals surface area contributed by atoms with Crippen LogP contribution >= 0.6 is 0 Å². The maximum Gasteiger partial charge on any atom is 0.246 e. The van der Waals surface area contributed by atoms with E-state index in [9.17, 15) is 8.42 Å². The first kappa shape index (κ1) is 16.2. The van der Waals surface area contributed by atoms with E-state index < -0.39 is 10.0 Å². The number of hydrogen-bond acceptors (Lipinski definition) is 4. The van der Waals surface area contributed by atoms with Crippen LogP contribution in [0.5, 0.6) is 0 Å². The van der Waals surface area contributed by atoms with E-state index in [1.807, 2.05) is 26.4 Å². The van der Waals surface area contributed by atoms with Crippen LogP contribution in [-0.4, -0.2) is 45.4 Å². The molecule has 0 amide bonds. The van der Waals surface area contributed by atoms with Gasteiger partial charge in [0.25, 0.3) is 0 Å². The highest BCUT2D eigenvalue weighted by atomic mass is 32.2. The molecule has 0 aromatic carbocycles. The summed E-state index contributed by atoms with van der Waals surface area (Å²) in [7, 11) is -1.64. The summed E-state index contributed by atoms with van der Waals surface area (Å²) in [6.07, 6.45) is 6.83. The lowest BCUT2D eigenvalue weighted by Gasteiger charge is -2.24. The minimum absolute atomic E-state index is 0.132. The molecule has 0 bridgehead atoms. The van der Waals surface area contributed by atoms with Crippen LogP contribution in [0.2, 0.25) is 0 Å². The van der Waals surface area contributed by atoms with Crippen molar-refractivity contribution >= 4 is 10.0 Å². The number of hydrogen-bond donors (Lipinski definition) is 0. The van der Waals surface area contributed by atoms with Gasteiger partial charge in [-0.15, -0.1) is 0 Å². The number of sulfonamides is 1. The molecule has 0 saturated carbocycles. The second-order valence-electron chi connectivity index (χ2n) is 6.82. The lowest BCUT2D eigenvalue weighted by atomic mass is 9.79. The van der Waals surface area contributed by atoms with Crippen molar-refractivity contribution in [2.24, 2.45) is 12.5 Å². The molecule has 0 N–H and O–H groups in total. The van der Waals surface area contributed by atoms with E-state index >= 15 is 0 Å². The lowest BCUT2D eigenvalue weighted by Crippen LogP contribution is -2.30. The predicted molar refractivity (Wildman–Crippen MR) is 86.4 cm³/mol. The normalized spacial score (nSPS) is 21.8. The Bertz CT molecular complexity index is 805. The van der Waals surface area contributed by atoms with E-state index in [0.717, 1.165) is 5.56 Å². The standard InChI is InChI=1S/C15H23N5O2S/c1-5-19-9-13(7-17-19)23(21,22)20-10-14(15(2,3)11-20)12-6-16-18(4)8-12/h6-9,14H,5,10-11H2,1-4H3/t14-/m1/s1. The first-order chi connectivity index (χ1) is 10.7. The second kappa shape index (κ2) is 5.45. The molecule has 3 heterocycles. The van der Waals surface area contributed by atoms with Gasteiger partial charge in [0.2, 0.25) is 10.0 Å². The van der Waals surface area contributed by atoms with Crippen LogP contribution in [0.4, 0.5) is 0 Å². The van der Waals surface area contributed by atoms with E-state index in [4.69, 9.17) is 0 Å². The first-order valence-corrected chi connectivity index (χ1v) is 9.19. The van der Waals surface area contributed by atoms with Crippen molar-refractivity contribution in [1.29, 1.82) is 0 Å². The Morgan fingerprint density at radius 3 is 2.57 bits per heavy atom. The van der Waals surface area contributed by atoms with Gasteiger partial charge < -0.3 is 0 Å². The molecule has 7 nitrogen and oxygen atoms in total. The van der Waals surface area contributed by atoms with Crippen molar-refractivity contribution in [1.82, 2.24) is 23.9 Å². The summed E-state index contributed by atoms with van der Waals surface area (Å²) in [5.41, 5.74) is 0.941. The van der Waals surface area contributed by atoms with Gasteiger partial charge in [0.05, 0.1) is 12.4 Å². The number of aromatic nitrogens is 4. The second-order valence-corrected chi connectivity index (χ2v) is 8.76. The minimum Gasteiger partial charge on any atom is -0.276 e. The Balaban J connectivity index is 1.90. The smallest absolute Gasteiger partial charge is 0.246 e. The fraction of sp³-hybridized carbons (Fsp3) is 0.600. The molecule has 23 heavy (non-hydrogen) atoms. The van der Waals surface area contributed by atoms with Gasteiger partial charge in [0.1, 0.15) is 4.90 Å². The number of nitrogens with zero attached hydrogens (tertiary/aromatic N) is 5. The molecule has 2 aromatic rings. The van der Waals surface area contributed by atoms with Crippen molar-refractivity contribution < 1.29 is 8.42 Å². The van der Waals surface area contributed by atoms with Crippen LogP contribution in [0, 0.1) is 5.41 Å². The molecule has 0 radical (unpaired) electrons. The van der Waals surface area contributed by atoms with Gasteiger partial charge in [-0.3, -0.25) is 9.36 Å². The fourth-order valence-corrected chi connectivity index (χ4v) is 4.82. The first-order valence-electron chi connectivity index (χ1n) is 7.75. The highest BCUT2D eigenvalue weighted by Gasteiger charge is 2.45. The third kappa shape index (κ3) is 2.81. The van der Waals surface area contributed by atoms with E-state index in [1.54, 1.807) is 19.9 Å². The Kier molecular flexibility index (Phi) is 3.84. The average Bonchev–Trinajstić information content (AvgIpc) is 3.16. The molecule has 2 aromatic heterocycles. The third-order valence-electron chi connectivity index (χ3n) is 4.61. The summed E-state index contributed by atoms with van der Waals surface area (Å²) >= 11 is 0. The maximum absolute atomic E-state index is 12.9. The summed E-state index contributed by atoms with van der Waals surface area (Å²) in [6.45, 7) is 7.76. The summed E-state index contributed by atoms with van der Waals surface area (Å²) < 4.78 is 30.7. The lowest BCUT2D eigenvalue weighted by molar-refractivity contribution is 0.347. The quantitative estimate of drug-likeness (QED) is 0.846. The summed E-state index contributed by atoms with van der Waals surface area (Å²) in [5, 5.41) is 8.31. The Morgan fingerprint density at radius 2 is 2.00 bits per heavy atom. The van der Waals surface area contributed by atoms with Crippen molar-refractivity contribution in [3.05, 3.63) is 30.4 Å². The van der Waals surface area contributed by atoms with Crippen molar-refractivity contribution in [3.8, 4) is 0 Å². The van der Waals surface area contributed by atoms with Crippen LogP contribution in [0.1, 0.15) is 32.3 Å². The molecule has 1 saturated heterocycles. The molecule has 1 aliphatic rings. The van der Waals surface area contributed by atoms with Crippen molar-refractivity contribution in [2.45, 2.75) is 38.1 Å². The molecular weight excluding hydrogens is 314 g/mol. The highest BCUT2D eigenvalue weighted by molar-refractivity contribution is 7.89. The Hall–Kier alpha value is -1.67. The van der Waals surface area contributed by atoms with Gasteiger partial charge in [-0.05, 0) is 17.9 Å². The van der Waals surface area contributed by atoms with Gasteiger partial charge in [-0.25, -0.2) is 8.42 Å². The molecule has 0 unspecified atom stereocenters. The summed E-state index contributed by atoms with van der Waals surface area (Å²) in [6, 6.07) is 0. The van der Waals surface area contributed by atoms with E-state index in [1.165, 1.54) is 6.20 Å². The molecule has 1 atom stereocenters. The zero-order valence-electron chi connectivity index (χ0n) is 14.0. The molecule has 0 spiro atoms. The van der Waals surface area contributed by atoms with Crippen LogP contribution in [0.3, 0.4) is 0 Å². The average molecular weight is 337 g/mol. The SMILES string of the molecule is CCn1cc(S(=O)(=O)N2C[C@H](c3cnn(C)c3)C(C)(C)C2)cn1.